The zero-order valence-corrected chi connectivity index (χ0v) is 9.68. The Balaban J connectivity index is 2.00. The highest BCUT2D eigenvalue weighted by Crippen LogP contribution is 2.28. The molecule has 0 aromatic heterocycles. The maximum Gasteiger partial charge on any atom is 0.350 e. The van der Waals surface area contributed by atoms with Gasteiger partial charge in [-0.3, -0.25) is 0 Å². The van der Waals surface area contributed by atoms with Crippen LogP contribution in [0.2, 0.25) is 0 Å². The molecule has 2 rings (SSSR count). The summed E-state index contributed by atoms with van der Waals surface area (Å²) < 4.78 is 5.01. The second-order valence-corrected chi connectivity index (χ2v) is 4.06. The first-order valence-corrected chi connectivity index (χ1v) is 5.73. The Morgan fingerprint density at radius 2 is 1.65 bits per heavy atom. The van der Waals surface area contributed by atoms with Crippen LogP contribution in [0.4, 0.5) is 0 Å². The van der Waals surface area contributed by atoms with Gasteiger partial charge in [0.1, 0.15) is 17.8 Å². The minimum Gasteiger partial charge on any atom is -0.507 e. The van der Waals surface area contributed by atoms with Gasteiger partial charge in [-0.15, -0.1) is 0 Å². The normalized spacial score (nSPS) is 9.88. The molecule has 0 aliphatic rings. The van der Waals surface area contributed by atoms with Gasteiger partial charge in [0.05, 0.1) is 10.5 Å². The molecular weight excluding hydrogens is 236 g/mol. The number of carbonyl (C=O) groups excluding carboxylic acids is 1. The predicted octanol–water partition coefficient (Wildman–Crippen LogP) is 3.26. The van der Waals surface area contributed by atoms with E-state index >= 15 is 0 Å². The number of carbonyl (C=O) groups is 1. The third-order valence-corrected chi connectivity index (χ3v) is 2.84. The van der Waals surface area contributed by atoms with Crippen molar-refractivity contribution < 1.29 is 14.1 Å². The van der Waals surface area contributed by atoms with Gasteiger partial charge in [0.2, 0.25) is 0 Å². The van der Waals surface area contributed by atoms with Gasteiger partial charge in [0.15, 0.2) is 0 Å². The first-order chi connectivity index (χ1) is 8.27. The highest BCUT2D eigenvalue weighted by atomic mass is 32.2. The maximum absolute atomic E-state index is 11.6. The molecule has 0 amide bonds. The van der Waals surface area contributed by atoms with E-state index in [9.17, 15) is 9.90 Å². The van der Waals surface area contributed by atoms with Crippen LogP contribution in [0.1, 0.15) is 10.4 Å². The summed E-state index contributed by atoms with van der Waals surface area (Å²) in [6, 6.07) is 15.4. The second-order valence-electron chi connectivity index (χ2n) is 3.29. The molecule has 0 spiro atoms. The Labute approximate surface area is 103 Å². The molecular formula is C13H10O3S. The van der Waals surface area contributed by atoms with Crippen LogP contribution in [0.5, 0.6) is 5.75 Å². The van der Waals surface area contributed by atoms with E-state index < -0.39 is 5.97 Å². The lowest BCUT2D eigenvalue weighted by Gasteiger charge is -2.03. The summed E-state index contributed by atoms with van der Waals surface area (Å²) in [7, 11) is 0. The van der Waals surface area contributed by atoms with Crippen molar-refractivity contribution in [1.82, 2.24) is 0 Å². The Bertz CT molecular complexity index is 511. The number of para-hydroxylation sites is 1. The third kappa shape index (κ3) is 3.01. The van der Waals surface area contributed by atoms with Crippen molar-refractivity contribution in [2.75, 3.05) is 0 Å². The smallest absolute Gasteiger partial charge is 0.350 e. The number of hydrogen-bond donors (Lipinski definition) is 1. The number of phenols is 1. The van der Waals surface area contributed by atoms with Crippen LogP contribution in [-0.2, 0) is 4.18 Å². The van der Waals surface area contributed by atoms with Crippen molar-refractivity contribution in [3.8, 4) is 5.75 Å². The zero-order valence-electron chi connectivity index (χ0n) is 8.87. The molecule has 0 aliphatic heterocycles. The quantitative estimate of drug-likeness (QED) is 0.844. The molecule has 0 bridgehead atoms. The summed E-state index contributed by atoms with van der Waals surface area (Å²) in [6.45, 7) is 0. The van der Waals surface area contributed by atoms with Crippen molar-refractivity contribution in [2.24, 2.45) is 0 Å². The molecule has 0 fully saturated rings. The van der Waals surface area contributed by atoms with Gasteiger partial charge in [-0.1, -0.05) is 30.3 Å². The fraction of sp³-hybridized carbons (Fsp3) is 0. The Morgan fingerprint density at radius 3 is 2.35 bits per heavy atom. The highest BCUT2D eigenvalue weighted by Gasteiger charge is 2.09. The van der Waals surface area contributed by atoms with Gasteiger partial charge in [-0.05, 0) is 24.3 Å². The lowest BCUT2D eigenvalue weighted by atomic mass is 10.2. The molecule has 4 heteroatoms. The largest absolute Gasteiger partial charge is 0.507 e. The van der Waals surface area contributed by atoms with Crippen LogP contribution in [0.25, 0.3) is 0 Å². The summed E-state index contributed by atoms with van der Waals surface area (Å²) >= 11 is 0.850. The SMILES string of the molecule is O=C(OSc1ccccc1O)c1ccccc1. The monoisotopic (exact) mass is 246 g/mol. The lowest BCUT2D eigenvalue weighted by molar-refractivity contribution is 0.0768. The second kappa shape index (κ2) is 5.41. The Morgan fingerprint density at radius 1 is 1.00 bits per heavy atom. The molecule has 0 saturated heterocycles. The molecule has 0 saturated carbocycles. The highest BCUT2D eigenvalue weighted by molar-refractivity contribution is 7.95. The van der Waals surface area contributed by atoms with Crippen LogP contribution < -0.4 is 0 Å². The Hall–Kier alpha value is -1.94. The van der Waals surface area contributed by atoms with E-state index in [0.717, 1.165) is 12.0 Å². The first kappa shape index (κ1) is 11.5. The van der Waals surface area contributed by atoms with Crippen LogP contribution in [0.3, 0.4) is 0 Å². The standard InChI is InChI=1S/C13H10O3S/c14-11-8-4-5-9-12(11)17-16-13(15)10-6-2-1-3-7-10/h1-9,14H. The van der Waals surface area contributed by atoms with Crippen LogP contribution >= 0.6 is 12.0 Å². The molecule has 1 N–H and O–H groups in total. The topological polar surface area (TPSA) is 46.5 Å². The summed E-state index contributed by atoms with van der Waals surface area (Å²) in [4.78, 5) is 12.1. The first-order valence-electron chi connectivity index (χ1n) is 4.99. The van der Waals surface area contributed by atoms with Crippen LogP contribution in [0, 0.1) is 0 Å². The number of rotatable bonds is 3. The minimum absolute atomic E-state index is 0.0957. The average Bonchev–Trinajstić information content (AvgIpc) is 2.38. The molecule has 0 aliphatic carbocycles. The van der Waals surface area contributed by atoms with Gasteiger partial charge in [0.25, 0.3) is 0 Å². The molecule has 2 aromatic rings. The molecule has 86 valence electrons. The minimum atomic E-state index is -0.432. The van der Waals surface area contributed by atoms with Gasteiger partial charge >= 0.3 is 5.97 Å². The van der Waals surface area contributed by atoms with E-state index in [1.807, 2.05) is 6.07 Å². The van der Waals surface area contributed by atoms with Crippen molar-refractivity contribution >= 4 is 18.0 Å². The zero-order chi connectivity index (χ0) is 12.1. The van der Waals surface area contributed by atoms with E-state index in [4.69, 9.17) is 4.18 Å². The van der Waals surface area contributed by atoms with E-state index in [-0.39, 0.29) is 5.75 Å². The maximum atomic E-state index is 11.6. The summed E-state index contributed by atoms with van der Waals surface area (Å²) in [5.74, 6) is -0.336. The molecule has 0 heterocycles. The lowest BCUT2D eigenvalue weighted by Crippen LogP contribution is -1.98. The van der Waals surface area contributed by atoms with E-state index in [0.29, 0.717) is 10.5 Å². The number of phenolic OH excluding ortho intramolecular Hbond substituents is 1. The summed E-state index contributed by atoms with van der Waals surface area (Å²) in [5.41, 5.74) is 0.482. The van der Waals surface area contributed by atoms with E-state index in [1.54, 1.807) is 48.5 Å². The molecule has 0 unspecified atom stereocenters. The van der Waals surface area contributed by atoms with Crippen molar-refractivity contribution in [1.29, 1.82) is 0 Å². The molecule has 3 nitrogen and oxygen atoms in total. The van der Waals surface area contributed by atoms with Gasteiger partial charge in [-0.25, -0.2) is 4.79 Å². The van der Waals surface area contributed by atoms with Crippen molar-refractivity contribution in [2.45, 2.75) is 4.90 Å². The van der Waals surface area contributed by atoms with E-state index in [2.05, 4.69) is 0 Å². The number of aromatic hydroxyl groups is 1. The summed E-state index contributed by atoms with van der Waals surface area (Å²) in [6.07, 6.45) is 0. The van der Waals surface area contributed by atoms with Crippen molar-refractivity contribution in [3.05, 3.63) is 60.2 Å². The summed E-state index contributed by atoms with van der Waals surface area (Å²) in [5, 5.41) is 9.48. The fourth-order valence-electron chi connectivity index (χ4n) is 1.23. The van der Waals surface area contributed by atoms with Crippen molar-refractivity contribution in [3.63, 3.8) is 0 Å². The van der Waals surface area contributed by atoms with Gasteiger partial charge in [0, 0.05) is 0 Å². The molecule has 2 aromatic carbocycles. The Kier molecular flexibility index (Phi) is 3.67. The number of benzene rings is 2. The molecule has 17 heavy (non-hydrogen) atoms. The molecule has 0 radical (unpaired) electrons. The third-order valence-electron chi connectivity index (χ3n) is 2.08. The number of hydrogen-bond acceptors (Lipinski definition) is 4. The van der Waals surface area contributed by atoms with E-state index in [1.165, 1.54) is 0 Å². The van der Waals surface area contributed by atoms with Crippen LogP contribution in [0.15, 0.2) is 59.5 Å². The predicted molar refractivity (Wildman–Crippen MR) is 65.8 cm³/mol. The fourth-order valence-corrected chi connectivity index (χ4v) is 1.78. The molecule has 0 atom stereocenters. The van der Waals surface area contributed by atoms with Gasteiger partial charge < -0.3 is 9.29 Å². The van der Waals surface area contributed by atoms with Crippen LogP contribution in [-0.4, -0.2) is 11.1 Å². The van der Waals surface area contributed by atoms with Gasteiger partial charge in [-0.2, -0.15) is 0 Å². The average molecular weight is 246 g/mol.